The molecule has 128 valence electrons. The Morgan fingerprint density at radius 2 is 1.83 bits per heavy atom. The highest BCUT2D eigenvalue weighted by atomic mass is 15.3. The zero-order chi connectivity index (χ0) is 16.8. The summed E-state index contributed by atoms with van der Waals surface area (Å²) in [7, 11) is 2.09. The van der Waals surface area contributed by atoms with Crippen molar-refractivity contribution in [3.8, 4) is 0 Å². The zero-order valence-corrected chi connectivity index (χ0v) is 14.6. The Hall–Kier alpha value is -2.21. The Bertz CT molecular complexity index is 624. The molecule has 0 spiro atoms. The average molecular weight is 326 g/mol. The summed E-state index contributed by atoms with van der Waals surface area (Å²) in [6.45, 7) is 8.54. The number of pyridine rings is 1. The van der Waals surface area contributed by atoms with E-state index in [0.29, 0.717) is 0 Å². The minimum atomic E-state index is 0.921. The third kappa shape index (κ3) is 4.20. The van der Waals surface area contributed by atoms with Gasteiger partial charge in [-0.05, 0) is 30.7 Å². The lowest BCUT2D eigenvalue weighted by atomic mass is 10.2. The van der Waals surface area contributed by atoms with Gasteiger partial charge in [-0.3, -0.25) is 4.98 Å². The van der Waals surface area contributed by atoms with Crippen LogP contribution in [0.1, 0.15) is 12.5 Å². The highest BCUT2D eigenvalue weighted by molar-refractivity contribution is 5.50. The Labute approximate surface area is 144 Å². The minimum Gasteiger partial charge on any atom is -0.359 e. The quantitative estimate of drug-likeness (QED) is 0.805. The van der Waals surface area contributed by atoms with E-state index < -0.39 is 0 Å². The lowest BCUT2D eigenvalue weighted by Gasteiger charge is -2.35. The van der Waals surface area contributed by atoms with Gasteiger partial charge in [0, 0.05) is 58.2 Å². The van der Waals surface area contributed by atoms with E-state index in [1.165, 1.54) is 5.56 Å². The molecular weight excluding hydrogens is 300 g/mol. The van der Waals surface area contributed by atoms with Gasteiger partial charge < -0.3 is 14.7 Å². The number of likely N-dealkylation sites (N-methyl/N-ethyl adjacent to an activating group) is 2. The van der Waals surface area contributed by atoms with Gasteiger partial charge in [-0.25, -0.2) is 9.97 Å². The van der Waals surface area contributed by atoms with Crippen LogP contribution in [0.4, 0.5) is 11.6 Å². The van der Waals surface area contributed by atoms with E-state index in [4.69, 9.17) is 0 Å². The maximum absolute atomic E-state index is 4.48. The first-order valence-electron chi connectivity index (χ1n) is 8.65. The van der Waals surface area contributed by atoms with E-state index in [2.05, 4.69) is 61.8 Å². The van der Waals surface area contributed by atoms with Crippen molar-refractivity contribution in [3.05, 3.63) is 42.5 Å². The van der Waals surface area contributed by atoms with E-state index in [1.807, 2.05) is 12.4 Å². The molecule has 0 aliphatic carbocycles. The molecule has 3 rings (SSSR count). The van der Waals surface area contributed by atoms with Gasteiger partial charge in [0.1, 0.15) is 18.0 Å². The molecule has 0 amide bonds. The van der Waals surface area contributed by atoms with Gasteiger partial charge in [0.2, 0.25) is 0 Å². The predicted molar refractivity (Wildman–Crippen MR) is 97.6 cm³/mol. The van der Waals surface area contributed by atoms with Crippen molar-refractivity contribution in [3.63, 3.8) is 0 Å². The van der Waals surface area contributed by atoms with Crippen molar-refractivity contribution < 1.29 is 0 Å². The van der Waals surface area contributed by atoms with Gasteiger partial charge in [-0.15, -0.1) is 0 Å². The summed E-state index contributed by atoms with van der Waals surface area (Å²) in [6, 6.07) is 6.23. The smallest absolute Gasteiger partial charge is 0.134 e. The molecule has 0 bridgehead atoms. The molecule has 0 atom stereocenters. The van der Waals surface area contributed by atoms with Crippen molar-refractivity contribution in [1.29, 1.82) is 0 Å². The summed E-state index contributed by atoms with van der Waals surface area (Å²) < 4.78 is 0. The second-order valence-corrected chi connectivity index (χ2v) is 6.18. The standard InChI is InChI=1S/C18H26N6/c1-3-23-10-12-24(13-11-23)18-14-17(20-15-21-18)22(2)9-6-16-4-7-19-8-5-16/h4-5,7-8,14-15H,3,6,9-13H2,1-2H3. The molecule has 0 aromatic carbocycles. The van der Waals surface area contributed by atoms with Gasteiger partial charge in [0.15, 0.2) is 0 Å². The van der Waals surface area contributed by atoms with Crippen LogP contribution in [0.3, 0.4) is 0 Å². The Balaban J connectivity index is 1.60. The zero-order valence-electron chi connectivity index (χ0n) is 14.6. The second kappa shape index (κ2) is 8.06. The highest BCUT2D eigenvalue weighted by Crippen LogP contribution is 2.18. The van der Waals surface area contributed by atoms with Crippen molar-refractivity contribution in [2.45, 2.75) is 13.3 Å². The van der Waals surface area contributed by atoms with Gasteiger partial charge in [-0.2, -0.15) is 0 Å². The molecule has 3 heterocycles. The van der Waals surface area contributed by atoms with Crippen molar-refractivity contribution >= 4 is 11.6 Å². The number of rotatable bonds is 6. The topological polar surface area (TPSA) is 48.4 Å². The number of aromatic nitrogens is 3. The normalized spacial score (nSPS) is 15.5. The number of piperazine rings is 1. The summed E-state index contributed by atoms with van der Waals surface area (Å²) in [5.41, 5.74) is 1.29. The molecule has 2 aromatic rings. The molecule has 1 aliphatic rings. The SMILES string of the molecule is CCN1CCN(c2cc(N(C)CCc3ccncc3)ncn2)CC1. The fourth-order valence-electron chi connectivity index (χ4n) is 2.97. The van der Waals surface area contributed by atoms with E-state index >= 15 is 0 Å². The maximum atomic E-state index is 4.48. The molecular formula is C18H26N6. The molecule has 1 aliphatic heterocycles. The summed E-state index contributed by atoms with van der Waals surface area (Å²) in [5, 5.41) is 0. The first-order chi connectivity index (χ1) is 11.8. The third-order valence-corrected chi connectivity index (χ3v) is 4.66. The Morgan fingerprint density at radius 3 is 2.54 bits per heavy atom. The number of anilines is 2. The molecule has 2 aromatic heterocycles. The van der Waals surface area contributed by atoms with Crippen LogP contribution < -0.4 is 9.80 Å². The van der Waals surface area contributed by atoms with Gasteiger partial charge >= 0.3 is 0 Å². The van der Waals surface area contributed by atoms with E-state index in [0.717, 1.165) is 57.3 Å². The third-order valence-electron chi connectivity index (χ3n) is 4.66. The molecule has 1 fully saturated rings. The molecule has 0 radical (unpaired) electrons. The summed E-state index contributed by atoms with van der Waals surface area (Å²) in [5.74, 6) is 2.01. The number of nitrogens with zero attached hydrogens (tertiary/aromatic N) is 6. The van der Waals surface area contributed by atoms with E-state index in [9.17, 15) is 0 Å². The Kier molecular flexibility index (Phi) is 5.59. The summed E-state index contributed by atoms with van der Waals surface area (Å²) >= 11 is 0. The van der Waals surface area contributed by atoms with Gasteiger partial charge in [0.25, 0.3) is 0 Å². The van der Waals surface area contributed by atoms with Crippen LogP contribution >= 0.6 is 0 Å². The fourth-order valence-corrected chi connectivity index (χ4v) is 2.97. The van der Waals surface area contributed by atoms with Crippen LogP contribution in [0.15, 0.2) is 36.9 Å². The van der Waals surface area contributed by atoms with Crippen molar-refractivity contribution in [2.24, 2.45) is 0 Å². The average Bonchev–Trinajstić information content (AvgIpc) is 2.67. The first kappa shape index (κ1) is 16.6. The molecule has 24 heavy (non-hydrogen) atoms. The van der Waals surface area contributed by atoms with E-state index in [1.54, 1.807) is 6.33 Å². The molecule has 0 saturated carbocycles. The predicted octanol–water partition coefficient (Wildman–Crippen LogP) is 1.69. The molecule has 6 heteroatoms. The van der Waals surface area contributed by atoms with Gasteiger partial charge in [-0.1, -0.05) is 6.92 Å². The molecule has 6 nitrogen and oxygen atoms in total. The minimum absolute atomic E-state index is 0.921. The highest BCUT2D eigenvalue weighted by Gasteiger charge is 2.17. The van der Waals surface area contributed by atoms with Crippen LogP contribution in [-0.2, 0) is 6.42 Å². The van der Waals surface area contributed by atoms with Crippen LogP contribution in [0.5, 0.6) is 0 Å². The summed E-state index contributed by atoms with van der Waals surface area (Å²) in [6.07, 6.45) is 6.34. The molecule has 0 N–H and O–H groups in total. The monoisotopic (exact) mass is 326 g/mol. The number of hydrogen-bond acceptors (Lipinski definition) is 6. The first-order valence-corrected chi connectivity index (χ1v) is 8.65. The van der Waals surface area contributed by atoms with Gasteiger partial charge in [0.05, 0.1) is 0 Å². The fraction of sp³-hybridized carbons (Fsp3) is 0.500. The van der Waals surface area contributed by atoms with Crippen molar-refractivity contribution in [2.75, 3.05) is 56.1 Å². The lowest BCUT2D eigenvalue weighted by molar-refractivity contribution is 0.270. The maximum Gasteiger partial charge on any atom is 0.134 e. The molecule has 0 unspecified atom stereocenters. The van der Waals surface area contributed by atoms with Crippen molar-refractivity contribution in [1.82, 2.24) is 19.9 Å². The second-order valence-electron chi connectivity index (χ2n) is 6.18. The molecule has 1 saturated heterocycles. The Morgan fingerprint density at radius 1 is 1.08 bits per heavy atom. The van der Waals surface area contributed by atoms with Crippen LogP contribution in [0.25, 0.3) is 0 Å². The van der Waals surface area contributed by atoms with Crippen LogP contribution in [0.2, 0.25) is 0 Å². The largest absolute Gasteiger partial charge is 0.359 e. The lowest BCUT2D eigenvalue weighted by Crippen LogP contribution is -2.46. The van der Waals surface area contributed by atoms with Crippen LogP contribution in [0, 0.1) is 0 Å². The summed E-state index contributed by atoms with van der Waals surface area (Å²) in [4.78, 5) is 20.0. The van der Waals surface area contributed by atoms with E-state index in [-0.39, 0.29) is 0 Å². The van der Waals surface area contributed by atoms with Crippen LogP contribution in [-0.4, -0.2) is 66.2 Å². The number of hydrogen-bond donors (Lipinski definition) is 0.